The third-order valence-electron chi connectivity index (χ3n) is 4.50. The van der Waals surface area contributed by atoms with Crippen molar-refractivity contribution >= 4 is 0 Å². The minimum Gasteiger partial charge on any atom is -0.388 e. The minimum atomic E-state index is -0.649. The van der Waals surface area contributed by atoms with Crippen molar-refractivity contribution in [2.24, 2.45) is 7.05 Å². The van der Waals surface area contributed by atoms with Gasteiger partial charge in [0.05, 0.1) is 44.2 Å². The van der Waals surface area contributed by atoms with Gasteiger partial charge >= 0.3 is 0 Å². The lowest BCUT2D eigenvalue weighted by atomic mass is 10.1. The number of hydrogen-bond acceptors (Lipinski definition) is 6. The molecule has 0 radical (unpaired) electrons. The first-order valence-electron chi connectivity index (χ1n) is 8.53. The van der Waals surface area contributed by atoms with Gasteiger partial charge in [-0.3, -0.25) is 0 Å². The maximum Gasteiger partial charge on any atom is 0.131 e. The molecule has 8 nitrogen and oxygen atoms in total. The van der Waals surface area contributed by atoms with Crippen molar-refractivity contribution in [3.05, 3.63) is 54.6 Å². The zero-order valence-electron chi connectivity index (χ0n) is 14.5. The molecule has 1 aliphatic heterocycles. The van der Waals surface area contributed by atoms with Crippen LogP contribution in [0.25, 0.3) is 11.4 Å². The lowest BCUT2D eigenvalue weighted by molar-refractivity contribution is -0.0513. The van der Waals surface area contributed by atoms with E-state index in [0.29, 0.717) is 13.2 Å². The summed E-state index contributed by atoms with van der Waals surface area (Å²) in [5, 5.41) is 18.6. The maximum absolute atomic E-state index is 10.2. The maximum atomic E-state index is 10.2. The van der Waals surface area contributed by atoms with Gasteiger partial charge in [0.2, 0.25) is 0 Å². The van der Waals surface area contributed by atoms with E-state index in [2.05, 4.69) is 15.3 Å². The molecule has 1 N–H and O–H groups in total. The Labute approximate surface area is 151 Å². The van der Waals surface area contributed by atoms with E-state index < -0.39 is 12.2 Å². The van der Waals surface area contributed by atoms with Crippen LogP contribution in [0.3, 0.4) is 0 Å². The van der Waals surface area contributed by atoms with E-state index in [1.165, 1.54) is 0 Å². The van der Waals surface area contributed by atoms with Gasteiger partial charge in [0.25, 0.3) is 0 Å². The standard InChI is InChI=1S/C18H21N5O3/c1-22-12-19-7-15(22)14-8-23(21-20-14)9-17-18(16(24)11-25-17)26-10-13-5-3-2-4-6-13/h2-8,12,16-18,24H,9-11H2,1H3/t16-,17-,18+/m1/s1. The van der Waals surface area contributed by atoms with Crippen molar-refractivity contribution in [1.82, 2.24) is 24.5 Å². The van der Waals surface area contributed by atoms with Gasteiger partial charge in [0, 0.05) is 7.05 Å². The second-order valence-electron chi connectivity index (χ2n) is 6.42. The molecule has 0 bridgehead atoms. The Bertz CT molecular complexity index is 847. The second kappa shape index (κ2) is 7.36. The molecule has 1 fully saturated rings. The van der Waals surface area contributed by atoms with Crippen LogP contribution in [0.4, 0.5) is 0 Å². The van der Waals surface area contributed by atoms with Crippen LogP contribution < -0.4 is 0 Å². The molecule has 1 saturated heterocycles. The number of aromatic nitrogens is 5. The van der Waals surface area contributed by atoms with Crippen LogP contribution in [0.2, 0.25) is 0 Å². The number of ether oxygens (including phenoxy) is 2. The number of aliphatic hydroxyl groups excluding tert-OH is 1. The molecule has 4 rings (SSSR count). The first kappa shape index (κ1) is 16.9. The highest BCUT2D eigenvalue weighted by Crippen LogP contribution is 2.22. The largest absolute Gasteiger partial charge is 0.388 e. The summed E-state index contributed by atoms with van der Waals surface area (Å²) < 4.78 is 15.2. The summed E-state index contributed by atoms with van der Waals surface area (Å²) in [4.78, 5) is 4.09. The molecular weight excluding hydrogens is 334 g/mol. The van der Waals surface area contributed by atoms with Crippen LogP contribution in [0, 0.1) is 0 Å². The van der Waals surface area contributed by atoms with Gasteiger partial charge in [0.15, 0.2) is 0 Å². The molecule has 0 spiro atoms. The summed E-state index contributed by atoms with van der Waals surface area (Å²) in [6.07, 6.45) is 3.98. The Morgan fingerprint density at radius 1 is 1.31 bits per heavy atom. The number of imidazole rings is 1. The molecule has 0 unspecified atom stereocenters. The lowest BCUT2D eigenvalue weighted by Crippen LogP contribution is -2.35. The van der Waals surface area contributed by atoms with E-state index in [1.807, 2.05) is 48.1 Å². The third kappa shape index (κ3) is 3.52. The lowest BCUT2D eigenvalue weighted by Gasteiger charge is -2.20. The van der Waals surface area contributed by atoms with Gasteiger partial charge in [-0.15, -0.1) is 5.10 Å². The normalized spacial score (nSPS) is 22.8. The fourth-order valence-corrected chi connectivity index (χ4v) is 3.09. The highest BCUT2D eigenvalue weighted by atomic mass is 16.6. The van der Waals surface area contributed by atoms with Gasteiger partial charge in [0.1, 0.15) is 24.0 Å². The summed E-state index contributed by atoms with van der Waals surface area (Å²) >= 11 is 0. The zero-order valence-corrected chi connectivity index (χ0v) is 14.5. The molecule has 3 atom stereocenters. The van der Waals surface area contributed by atoms with Crippen LogP contribution in [-0.4, -0.2) is 54.6 Å². The Hall–Kier alpha value is -2.55. The van der Waals surface area contributed by atoms with Gasteiger partial charge in [-0.2, -0.15) is 0 Å². The van der Waals surface area contributed by atoms with Gasteiger partial charge in [-0.1, -0.05) is 35.5 Å². The predicted molar refractivity (Wildman–Crippen MR) is 93.0 cm³/mol. The van der Waals surface area contributed by atoms with E-state index in [0.717, 1.165) is 17.0 Å². The predicted octanol–water partition coefficient (Wildman–Crippen LogP) is 1.02. The van der Waals surface area contributed by atoms with Gasteiger partial charge in [-0.25, -0.2) is 9.67 Å². The Morgan fingerprint density at radius 3 is 2.92 bits per heavy atom. The topological polar surface area (TPSA) is 87.2 Å². The minimum absolute atomic E-state index is 0.257. The Kier molecular flexibility index (Phi) is 4.79. The van der Waals surface area contributed by atoms with Gasteiger partial charge < -0.3 is 19.1 Å². The third-order valence-corrected chi connectivity index (χ3v) is 4.50. The van der Waals surface area contributed by atoms with E-state index in [-0.39, 0.29) is 12.7 Å². The van der Waals surface area contributed by atoms with E-state index in [1.54, 1.807) is 17.2 Å². The number of benzene rings is 1. The molecule has 8 heteroatoms. The number of nitrogens with zero attached hydrogens (tertiary/aromatic N) is 5. The number of aliphatic hydroxyl groups is 1. The average Bonchev–Trinajstić information content (AvgIpc) is 3.36. The first-order chi connectivity index (χ1) is 12.7. The summed E-state index contributed by atoms with van der Waals surface area (Å²) in [6, 6.07) is 9.88. The van der Waals surface area contributed by atoms with Crippen LogP contribution >= 0.6 is 0 Å². The van der Waals surface area contributed by atoms with Crippen LogP contribution in [-0.2, 0) is 29.7 Å². The van der Waals surface area contributed by atoms with Gasteiger partial charge in [-0.05, 0) is 5.56 Å². The molecule has 0 aliphatic carbocycles. The molecule has 3 aromatic rings. The van der Waals surface area contributed by atoms with E-state index in [9.17, 15) is 5.11 Å². The fraction of sp³-hybridized carbons (Fsp3) is 0.389. The molecule has 1 aromatic carbocycles. The first-order valence-corrected chi connectivity index (χ1v) is 8.53. The van der Waals surface area contributed by atoms with Crippen molar-refractivity contribution in [3.63, 3.8) is 0 Å². The van der Waals surface area contributed by atoms with Crippen molar-refractivity contribution in [2.75, 3.05) is 6.61 Å². The fourth-order valence-electron chi connectivity index (χ4n) is 3.09. The summed E-state index contributed by atoms with van der Waals surface area (Å²) in [7, 11) is 1.91. The highest BCUT2D eigenvalue weighted by Gasteiger charge is 2.37. The number of rotatable bonds is 6. The van der Waals surface area contributed by atoms with Crippen LogP contribution in [0.15, 0.2) is 49.1 Å². The van der Waals surface area contributed by atoms with E-state index in [4.69, 9.17) is 9.47 Å². The Balaban J connectivity index is 1.42. The van der Waals surface area contributed by atoms with Crippen molar-refractivity contribution < 1.29 is 14.6 Å². The summed E-state index contributed by atoms with van der Waals surface area (Å²) in [5.41, 5.74) is 2.69. The summed E-state index contributed by atoms with van der Waals surface area (Å²) in [6.45, 7) is 1.15. The summed E-state index contributed by atoms with van der Waals surface area (Å²) in [5.74, 6) is 0. The van der Waals surface area contributed by atoms with Crippen molar-refractivity contribution in [3.8, 4) is 11.4 Å². The molecular formula is C18H21N5O3. The zero-order chi connectivity index (χ0) is 17.9. The van der Waals surface area contributed by atoms with E-state index >= 15 is 0 Å². The number of aryl methyl sites for hydroxylation is 1. The number of hydrogen-bond donors (Lipinski definition) is 1. The smallest absolute Gasteiger partial charge is 0.131 e. The SMILES string of the molecule is Cn1cncc1-c1cn(C[C@H]2OC[C@@H](O)[C@@H]2OCc2ccccc2)nn1. The van der Waals surface area contributed by atoms with Crippen molar-refractivity contribution in [2.45, 2.75) is 31.5 Å². The molecule has 3 heterocycles. The van der Waals surface area contributed by atoms with Crippen LogP contribution in [0.1, 0.15) is 5.56 Å². The second-order valence-corrected chi connectivity index (χ2v) is 6.42. The molecule has 0 amide bonds. The molecule has 2 aromatic heterocycles. The molecule has 0 saturated carbocycles. The highest BCUT2D eigenvalue weighted by molar-refractivity contribution is 5.51. The van der Waals surface area contributed by atoms with Crippen molar-refractivity contribution in [1.29, 1.82) is 0 Å². The quantitative estimate of drug-likeness (QED) is 0.710. The molecule has 136 valence electrons. The molecule has 1 aliphatic rings. The average molecular weight is 355 g/mol. The molecule has 26 heavy (non-hydrogen) atoms. The van der Waals surface area contributed by atoms with Crippen LogP contribution in [0.5, 0.6) is 0 Å². The monoisotopic (exact) mass is 355 g/mol. The Morgan fingerprint density at radius 2 is 2.15 bits per heavy atom.